The predicted octanol–water partition coefficient (Wildman–Crippen LogP) is 2.75. The maximum atomic E-state index is 11.0. The Morgan fingerprint density at radius 3 is 2.90 bits per heavy atom. The van der Waals surface area contributed by atoms with E-state index in [0.29, 0.717) is 12.1 Å². The molecule has 0 saturated carbocycles. The molecule has 0 spiro atoms. The van der Waals surface area contributed by atoms with Crippen molar-refractivity contribution in [1.82, 2.24) is 9.97 Å². The number of nitrogens with zero attached hydrogens (tertiary/aromatic N) is 2. The van der Waals surface area contributed by atoms with Crippen molar-refractivity contribution < 1.29 is 4.92 Å². The summed E-state index contributed by atoms with van der Waals surface area (Å²) in [6.07, 6.45) is 2.55. The fourth-order valence-electron chi connectivity index (χ4n) is 2.09. The number of benzene rings is 1. The minimum Gasteiger partial charge on any atom is -0.342 e. The van der Waals surface area contributed by atoms with Crippen molar-refractivity contribution in [2.75, 3.05) is 6.54 Å². The van der Waals surface area contributed by atoms with Crippen molar-refractivity contribution in [2.24, 2.45) is 5.73 Å². The van der Waals surface area contributed by atoms with E-state index in [1.54, 1.807) is 25.3 Å². The molecule has 0 aliphatic carbocycles. The van der Waals surface area contributed by atoms with Gasteiger partial charge in [0.1, 0.15) is 5.82 Å². The van der Waals surface area contributed by atoms with Gasteiger partial charge in [-0.25, -0.2) is 4.98 Å². The van der Waals surface area contributed by atoms with Gasteiger partial charge in [0.2, 0.25) is 0 Å². The number of nitrogens with two attached hydrogens (primary N) is 1. The second-order valence-electron chi connectivity index (χ2n) is 4.92. The summed E-state index contributed by atoms with van der Waals surface area (Å²) in [5.74, 6) is 1.10. The molecular weight excluding hydrogens is 256 g/mol. The molecule has 1 unspecified atom stereocenters. The molecule has 1 aromatic carbocycles. The van der Waals surface area contributed by atoms with Crippen molar-refractivity contribution in [3.05, 3.63) is 45.9 Å². The third kappa shape index (κ3) is 2.85. The van der Waals surface area contributed by atoms with Gasteiger partial charge in [0, 0.05) is 23.1 Å². The molecule has 2 aromatic rings. The Kier molecular flexibility index (Phi) is 4.14. The maximum absolute atomic E-state index is 11.0. The lowest BCUT2D eigenvalue weighted by Gasteiger charge is -2.05. The van der Waals surface area contributed by atoms with Crippen LogP contribution in [0.2, 0.25) is 0 Å². The summed E-state index contributed by atoms with van der Waals surface area (Å²) in [4.78, 5) is 18.1. The van der Waals surface area contributed by atoms with Crippen molar-refractivity contribution in [3.8, 4) is 11.3 Å². The smallest absolute Gasteiger partial charge is 0.272 e. The molecule has 2 rings (SSSR count). The van der Waals surface area contributed by atoms with Gasteiger partial charge in [0.25, 0.3) is 5.69 Å². The Morgan fingerprint density at radius 1 is 1.50 bits per heavy atom. The van der Waals surface area contributed by atoms with Crippen LogP contribution in [0.1, 0.15) is 30.7 Å². The molecule has 1 atom stereocenters. The predicted molar refractivity (Wildman–Crippen MR) is 77.5 cm³/mol. The molecule has 20 heavy (non-hydrogen) atoms. The van der Waals surface area contributed by atoms with Crippen LogP contribution in [0, 0.1) is 17.0 Å². The minimum absolute atomic E-state index is 0.119. The molecule has 0 bridgehead atoms. The highest BCUT2D eigenvalue weighted by Crippen LogP contribution is 2.27. The first-order valence-corrected chi connectivity index (χ1v) is 6.53. The molecule has 6 nitrogen and oxygen atoms in total. The van der Waals surface area contributed by atoms with Crippen LogP contribution >= 0.6 is 0 Å². The average Bonchev–Trinajstić information content (AvgIpc) is 2.89. The molecule has 0 aliphatic rings. The van der Waals surface area contributed by atoms with Crippen LogP contribution < -0.4 is 5.73 Å². The van der Waals surface area contributed by atoms with Gasteiger partial charge in [0.15, 0.2) is 0 Å². The fraction of sp³-hybridized carbons (Fsp3) is 0.357. The Labute approximate surface area is 117 Å². The lowest BCUT2D eigenvalue weighted by atomic mass is 10.1. The molecule has 1 heterocycles. The van der Waals surface area contributed by atoms with Crippen molar-refractivity contribution in [3.63, 3.8) is 0 Å². The van der Waals surface area contributed by atoms with Crippen molar-refractivity contribution in [2.45, 2.75) is 26.2 Å². The molecule has 0 aliphatic heterocycles. The number of nitrogens with one attached hydrogen (secondary N) is 1. The maximum Gasteiger partial charge on any atom is 0.272 e. The van der Waals surface area contributed by atoms with E-state index >= 15 is 0 Å². The Balaban J connectivity index is 2.33. The number of hydrogen-bond donors (Lipinski definition) is 2. The minimum atomic E-state index is -0.368. The highest BCUT2D eigenvalue weighted by atomic mass is 16.6. The molecule has 0 fully saturated rings. The monoisotopic (exact) mass is 274 g/mol. The summed E-state index contributed by atoms with van der Waals surface area (Å²) in [6.45, 7) is 4.38. The number of nitro groups is 1. The summed E-state index contributed by atoms with van der Waals surface area (Å²) < 4.78 is 0. The number of rotatable bonds is 5. The summed E-state index contributed by atoms with van der Waals surface area (Å²) >= 11 is 0. The van der Waals surface area contributed by atoms with Gasteiger partial charge in [-0.15, -0.1) is 0 Å². The van der Waals surface area contributed by atoms with Crippen LogP contribution in [0.25, 0.3) is 11.3 Å². The molecular formula is C14H18N4O2. The topological polar surface area (TPSA) is 97.8 Å². The fourth-order valence-corrected chi connectivity index (χ4v) is 2.09. The van der Waals surface area contributed by atoms with E-state index in [9.17, 15) is 10.1 Å². The lowest BCUT2D eigenvalue weighted by molar-refractivity contribution is -0.385. The average molecular weight is 274 g/mol. The van der Waals surface area contributed by atoms with Gasteiger partial charge in [-0.05, 0) is 19.9 Å². The van der Waals surface area contributed by atoms with Gasteiger partial charge in [-0.1, -0.05) is 19.1 Å². The zero-order valence-electron chi connectivity index (χ0n) is 11.6. The van der Waals surface area contributed by atoms with E-state index in [-0.39, 0.29) is 16.5 Å². The lowest BCUT2D eigenvalue weighted by Crippen LogP contribution is -2.05. The largest absolute Gasteiger partial charge is 0.342 e. The Bertz CT molecular complexity index is 621. The second-order valence-corrected chi connectivity index (χ2v) is 4.92. The summed E-state index contributed by atoms with van der Waals surface area (Å²) in [5, 5.41) is 11.0. The molecule has 106 valence electrons. The first-order chi connectivity index (χ1) is 9.52. The van der Waals surface area contributed by atoms with E-state index in [0.717, 1.165) is 23.5 Å². The molecule has 0 saturated heterocycles. The van der Waals surface area contributed by atoms with Crippen molar-refractivity contribution in [1.29, 1.82) is 0 Å². The number of imidazole rings is 1. The number of aryl methyl sites for hydroxylation is 1. The molecule has 0 amide bonds. The summed E-state index contributed by atoms with van der Waals surface area (Å²) in [7, 11) is 0. The van der Waals surface area contributed by atoms with E-state index < -0.39 is 0 Å². The highest BCUT2D eigenvalue weighted by molar-refractivity contribution is 5.63. The molecule has 6 heteroatoms. The standard InChI is InChI=1S/C14H18N4O2/c1-9-3-4-11(7-13(9)18(19)20)12-8-16-14(17-12)10(2)5-6-15/h3-4,7-8,10H,5-6,15H2,1-2H3,(H,16,17). The van der Waals surface area contributed by atoms with Crippen LogP contribution in [0.3, 0.4) is 0 Å². The van der Waals surface area contributed by atoms with Crippen LogP contribution in [0.5, 0.6) is 0 Å². The van der Waals surface area contributed by atoms with Crippen LogP contribution in [-0.2, 0) is 0 Å². The van der Waals surface area contributed by atoms with Gasteiger partial charge < -0.3 is 10.7 Å². The summed E-state index contributed by atoms with van der Waals surface area (Å²) in [5.41, 5.74) is 7.85. The number of nitro benzene ring substituents is 1. The Hall–Kier alpha value is -2.21. The number of aromatic amines is 1. The highest BCUT2D eigenvalue weighted by Gasteiger charge is 2.14. The van der Waals surface area contributed by atoms with E-state index in [2.05, 4.69) is 9.97 Å². The molecule has 3 N–H and O–H groups in total. The van der Waals surface area contributed by atoms with Crippen LogP contribution in [0.15, 0.2) is 24.4 Å². The van der Waals surface area contributed by atoms with Gasteiger partial charge >= 0.3 is 0 Å². The van der Waals surface area contributed by atoms with Crippen LogP contribution in [-0.4, -0.2) is 21.4 Å². The summed E-state index contributed by atoms with van der Waals surface area (Å²) in [6, 6.07) is 5.17. The van der Waals surface area contributed by atoms with Gasteiger partial charge in [-0.2, -0.15) is 0 Å². The number of aromatic nitrogens is 2. The van der Waals surface area contributed by atoms with E-state index in [1.165, 1.54) is 0 Å². The second kappa shape index (κ2) is 5.83. The van der Waals surface area contributed by atoms with Crippen molar-refractivity contribution >= 4 is 5.69 Å². The number of hydrogen-bond acceptors (Lipinski definition) is 4. The first kappa shape index (κ1) is 14.2. The van der Waals surface area contributed by atoms with E-state index in [1.807, 2.05) is 13.0 Å². The zero-order valence-corrected chi connectivity index (χ0v) is 11.6. The van der Waals surface area contributed by atoms with Gasteiger partial charge in [0.05, 0.1) is 16.8 Å². The molecule has 0 radical (unpaired) electrons. The van der Waals surface area contributed by atoms with E-state index in [4.69, 9.17) is 5.73 Å². The SMILES string of the molecule is Cc1ccc(-c2cnc(C(C)CCN)[nH]2)cc1[N+](=O)[O-]. The molecule has 1 aromatic heterocycles. The number of H-pyrrole nitrogens is 1. The third-order valence-electron chi connectivity index (χ3n) is 3.38. The zero-order chi connectivity index (χ0) is 14.7. The first-order valence-electron chi connectivity index (χ1n) is 6.53. The van der Waals surface area contributed by atoms with Gasteiger partial charge in [-0.3, -0.25) is 10.1 Å². The van der Waals surface area contributed by atoms with Crippen LogP contribution in [0.4, 0.5) is 5.69 Å². The normalized spacial score (nSPS) is 12.3. The Morgan fingerprint density at radius 2 is 2.25 bits per heavy atom. The third-order valence-corrected chi connectivity index (χ3v) is 3.38. The quantitative estimate of drug-likeness (QED) is 0.647.